The molecule has 0 rings (SSSR count). The SMILES string of the molecule is C=CCC(C(F)(F)F)S(N)(=O)=O. The third-order valence-corrected chi connectivity index (χ3v) is 2.40. The second-order valence-electron chi connectivity index (χ2n) is 2.14. The van der Waals surface area contributed by atoms with Crippen molar-refractivity contribution in [2.45, 2.75) is 17.8 Å². The number of sulfonamides is 1. The molecule has 0 aliphatic carbocycles. The Labute approximate surface area is 68.1 Å². The van der Waals surface area contributed by atoms with E-state index in [4.69, 9.17) is 0 Å². The number of hydrogen-bond donors (Lipinski definition) is 1. The molecule has 0 fully saturated rings. The fourth-order valence-electron chi connectivity index (χ4n) is 0.605. The zero-order chi connectivity index (χ0) is 9.99. The summed E-state index contributed by atoms with van der Waals surface area (Å²) in [6.45, 7) is 3.01. The summed E-state index contributed by atoms with van der Waals surface area (Å²) >= 11 is 0. The molecule has 0 aromatic heterocycles. The number of nitrogens with two attached hydrogens (primary N) is 1. The highest BCUT2D eigenvalue weighted by atomic mass is 32.2. The van der Waals surface area contributed by atoms with Gasteiger partial charge in [0.05, 0.1) is 0 Å². The lowest BCUT2D eigenvalue weighted by Crippen LogP contribution is -2.40. The molecule has 0 saturated carbocycles. The van der Waals surface area contributed by atoms with Gasteiger partial charge in [0.2, 0.25) is 10.0 Å². The molecule has 1 unspecified atom stereocenters. The normalized spacial score (nSPS) is 15.7. The Morgan fingerprint density at radius 3 is 2.00 bits per heavy atom. The second-order valence-corrected chi connectivity index (χ2v) is 3.89. The van der Waals surface area contributed by atoms with Gasteiger partial charge in [-0.2, -0.15) is 13.2 Å². The topological polar surface area (TPSA) is 60.2 Å². The van der Waals surface area contributed by atoms with E-state index >= 15 is 0 Å². The van der Waals surface area contributed by atoms with E-state index in [2.05, 4.69) is 11.7 Å². The number of halogens is 3. The lowest BCUT2D eigenvalue weighted by atomic mass is 10.3. The van der Waals surface area contributed by atoms with Crippen molar-refractivity contribution >= 4 is 10.0 Å². The minimum absolute atomic E-state index is 0.720. The van der Waals surface area contributed by atoms with Crippen LogP contribution in [-0.2, 0) is 10.0 Å². The first-order valence-electron chi connectivity index (χ1n) is 2.89. The lowest BCUT2D eigenvalue weighted by Gasteiger charge is -2.15. The van der Waals surface area contributed by atoms with Crippen LogP contribution in [-0.4, -0.2) is 19.8 Å². The van der Waals surface area contributed by atoms with Gasteiger partial charge in [0.15, 0.2) is 5.25 Å². The van der Waals surface area contributed by atoms with Crippen molar-refractivity contribution in [3.8, 4) is 0 Å². The van der Waals surface area contributed by atoms with Gasteiger partial charge in [0, 0.05) is 0 Å². The molecule has 0 spiro atoms. The molecule has 72 valence electrons. The fourth-order valence-corrected chi connectivity index (χ4v) is 1.38. The Hall–Kier alpha value is -0.560. The molecule has 1 atom stereocenters. The first-order valence-corrected chi connectivity index (χ1v) is 4.49. The van der Waals surface area contributed by atoms with E-state index in [1.54, 1.807) is 0 Å². The van der Waals surface area contributed by atoms with Crippen molar-refractivity contribution in [3.05, 3.63) is 12.7 Å². The fraction of sp³-hybridized carbons (Fsp3) is 0.600. The maximum absolute atomic E-state index is 11.9. The molecule has 0 aliphatic heterocycles. The Bertz CT molecular complexity index is 256. The molecule has 12 heavy (non-hydrogen) atoms. The molecular formula is C5H8F3NO2S. The molecule has 0 bridgehead atoms. The van der Waals surface area contributed by atoms with Gasteiger partial charge in [0.1, 0.15) is 0 Å². The Morgan fingerprint density at radius 2 is 1.92 bits per heavy atom. The predicted octanol–water partition coefficient (Wildman–Crippen LogP) is 0.782. The van der Waals surface area contributed by atoms with E-state index < -0.39 is 27.9 Å². The zero-order valence-corrected chi connectivity index (χ0v) is 6.82. The van der Waals surface area contributed by atoms with Gasteiger partial charge in [-0.25, -0.2) is 13.6 Å². The average Bonchev–Trinajstić information content (AvgIpc) is 1.77. The number of rotatable bonds is 3. The average molecular weight is 203 g/mol. The summed E-state index contributed by atoms with van der Waals surface area (Å²) in [7, 11) is -4.58. The standard InChI is InChI=1S/C5H8F3NO2S/c1-2-3-4(5(6,7)8)12(9,10)11/h2,4H,1,3H2,(H2,9,10,11). The molecule has 0 radical (unpaired) electrons. The number of primary sulfonamides is 1. The van der Waals surface area contributed by atoms with Crippen LogP contribution in [0.3, 0.4) is 0 Å². The van der Waals surface area contributed by atoms with E-state index in [0.29, 0.717) is 0 Å². The van der Waals surface area contributed by atoms with Gasteiger partial charge in [-0.1, -0.05) is 6.08 Å². The Kier molecular flexibility index (Phi) is 3.28. The summed E-state index contributed by atoms with van der Waals surface area (Å²) in [5, 5.41) is 1.82. The van der Waals surface area contributed by atoms with Crippen LogP contribution in [0.25, 0.3) is 0 Å². The van der Waals surface area contributed by atoms with Crippen LogP contribution in [0, 0.1) is 0 Å². The van der Waals surface area contributed by atoms with E-state index in [1.807, 2.05) is 0 Å². The minimum atomic E-state index is -4.83. The van der Waals surface area contributed by atoms with Crippen LogP contribution in [0.2, 0.25) is 0 Å². The number of allylic oxidation sites excluding steroid dienone is 1. The van der Waals surface area contributed by atoms with Gasteiger partial charge in [-0.15, -0.1) is 6.58 Å². The van der Waals surface area contributed by atoms with E-state index in [1.165, 1.54) is 0 Å². The smallest absolute Gasteiger partial charge is 0.228 e. The number of alkyl halides is 3. The molecule has 2 N–H and O–H groups in total. The van der Waals surface area contributed by atoms with Crippen LogP contribution < -0.4 is 5.14 Å². The van der Waals surface area contributed by atoms with Crippen LogP contribution >= 0.6 is 0 Å². The second kappa shape index (κ2) is 3.44. The third kappa shape index (κ3) is 3.22. The quantitative estimate of drug-likeness (QED) is 0.689. The summed E-state index contributed by atoms with van der Waals surface area (Å²) in [5.74, 6) is 0. The van der Waals surface area contributed by atoms with Crippen LogP contribution in [0.1, 0.15) is 6.42 Å². The van der Waals surface area contributed by atoms with Crippen molar-refractivity contribution in [1.29, 1.82) is 0 Å². The molecule has 0 aromatic rings. The van der Waals surface area contributed by atoms with Crippen molar-refractivity contribution < 1.29 is 21.6 Å². The van der Waals surface area contributed by atoms with Crippen molar-refractivity contribution in [2.24, 2.45) is 5.14 Å². The number of hydrogen-bond acceptors (Lipinski definition) is 2. The van der Waals surface area contributed by atoms with E-state index in [0.717, 1.165) is 6.08 Å². The van der Waals surface area contributed by atoms with Crippen molar-refractivity contribution in [3.63, 3.8) is 0 Å². The van der Waals surface area contributed by atoms with Gasteiger partial charge in [-0.05, 0) is 6.42 Å². The first kappa shape index (κ1) is 11.4. The summed E-state index contributed by atoms with van der Waals surface area (Å²) < 4.78 is 56.4. The van der Waals surface area contributed by atoms with Crippen LogP contribution in [0.4, 0.5) is 13.2 Å². The maximum Gasteiger partial charge on any atom is 0.407 e. The summed E-state index contributed by atoms with van der Waals surface area (Å²) in [6, 6.07) is 0. The van der Waals surface area contributed by atoms with Gasteiger partial charge in [-0.3, -0.25) is 0 Å². The summed E-state index contributed by atoms with van der Waals surface area (Å²) in [6.07, 6.45) is -4.69. The molecule has 0 aromatic carbocycles. The van der Waals surface area contributed by atoms with Crippen molar-refractivity contribution in [2.75, 3.05) is 0 Å². The van der Waals surface area contributed by atoms with E-state index in [9.17, 15) is 21.6 Å². The highest BCUT2D eigenvalue weighted by molar-refractivity contribution is 7.89. The molecule has 3 nitrogen and oxygen atoms in total. The Morgan fingerprint density at radius 1 is 1.50 bits per heavy atom. The predicted molar refractivity (Wildman–Crippen MR) is 37.8 cm³/mol. The van der Waals surface area contributed by atoms with Gasteiger partial charge in [0.25, 0.3) is 0 Å². The highest BCUT2D eigenvalue weighted by Crippen LogP contribution is 2.27. The van der Waals surface area contributed by atoms with Crippen LogP contribution in [0.5, 0.6) is 0 Å². The molecule has 7 heteroatoms. The third-order valence-electron chi connectivity index (χ3n) is 1.14. The molecule has 0 amide bonds. The monoisotopic (exact) mass is 203 g/mol. The van der Waals surface area contributed by atoms with Crippen LogP contribution in [0.15, 0.2) is 12.7 Å². The van der Waals surface area contributed by atoms with Gasteiger partial charge < -0.3 is 0 Å². The summed E-state index contributed by atoms with van der Waals surface area (Å²) in [4.78, 5) is 0. The highest BCUT2D eigenvalue weighted by Gasteiger charge is 2.46. The van der Waals surface area contributed by atoms with Crippen molar-refractivity contribution in [1.82, 2.24) is 0 Å². The summed E-state index contributed by atoms with van der Waals surface area (Å²) in [5.41, 5.74) is 0. The first-order chi connectivity index (χ1) is 5.19. The Balaban J connectivity index is 4.81. The maximum atomic E-state index is 11.9. The molecule has 0 saturated heterocycles. The van der Waals surface area contributed by atoms with Gasteiger partial charge >= 0.3 is 6.18 Å². The molecular weight excluding hydrogens is 195 g/mol. The largest absolute Gasteiger partial charge is 0.407 e. The minimum Gasteiger partial charge on any atom is -0.228 e. The van der Waals surface area contributed by atoms with E-state index in [-0.39, 0.29) is 0 Å². The lowest BCUT2D eigenvalue weighted by molar-refractivity contribution is -0.129. The zero-order valence-electron chi connectivity index (χ0n) is 6.00. The molecule has 0 heterocycles. The molecule has 0 aliphatic rings.